The zero-order valence-electron chi connectivity index (χ0n) is 8.02. The number of alkyl halides is 3. The molecule has 90 valence electrons. The Morgan fingerprint density at radius 1 is 1.12 bits per heavy atom. The van der Waals surface area contributed by atoms with Gasteiger partial charge in [-0.1, -0.05) is 23.2 Å². The Morgan fingerprint density at radius 2 is 1.76 bits per heavy atom. The van der Waals surface area contributed by atoms with Crippen molar-refractivity contribution in [2.45, 2.75) is 6.18 Å². The molecule has 1 aromatic heterocycles. The molecular formula is C10H4Cl2F3NO. The van der Waals surface area contributed by atoms with E-state index in [1.807, 2.05) is 0 Å². The summed E-state index contributed by atoms with van der Waals surface area (Å²) < 4.78 is 37.4. The zero-order chi connectivity index (χ0) is 12.8. The zero-order valence-corrected chi connectivity index (χ0v) is 9.53. The van der Waals surface area contributed by atoms with E-state index in [0.717, 1.165) is 0 Å². The van der Waals surface area contributed by atoms with Gasteiger partial charge < -0.3 is 5.11 Å². The number of nitrogens with zero attached hydrogens (tertiary/aromatic N) is 1. The molecule has 2 aromatic rings. The highest BCUT2D eigenvalue weighted by atomic mass is 35.5. The maximum absolute atomic E-state index is 12.5. The average Bonchev–Trinajstić information content (AvgIpc) is 2.17. The molecule has 0 fully saturated rings. The molecule has 0 aliphatic rings. The fourth-order valence-electron chi connectivity index (χ4n) is 1.38. The maximum atomic E-state index is 12.5. The van der Waals surface area contributed by atoms with Crippen LogP contribution in [0.2, 0.25) is 10.0 Å². The van der Waals surface area contributed by atoms with Gasteiger partial charge in [-0.05, 0) is 12.1 Å². The number of hydrogen-bond acceptors (Lipinski definition) is 2. The van der Waals surface area contributed by atoms with Crippen LogP contribution >= 0.6 is 23.2 Å². The Hall–Kier alpha value is -1.20. The van der Waals surface area contributed by atoms with E-state index < -0.39 is 17.6 Å². The van der Waals surface area contributed by atoms with Crippen LogP contribution in [0.5, 0.6) is 5.75 Å². The number of hydrogen-bond donors (Lipinski definition) is 1. The molecule has 1 heterocycles. The average molecular weight is 282 g/mol. The molecular weight excluding hydrogens is 278 g/mol. The lowest BCUT2D eigenvalue weighted by atomic mass is 10.2. The van der Waals surface area contributed by atoms with E-state index in [1.165, 1.54) is 12.1 Å². The lowest BCUT2D eigenvalue weighted by Gasteiger charge is -2.09. The van der Waals surface area contributed by atoms with Crippen molar-refractivity contribution in [3.05, 3.63) is 33.9 Å². The first kappa shape index (κ1) is 12.3. The van der Waals surface area contributed by atoms with Crippen LogP contribution in [-0.2, 0) is 6.18 Å². The molecule has 2 nitrogen and oxygen atoms in total. The summed E-state index contributed by atoms with van der Waals surface area (Å²) in [6, 6.07) is 3.10. The third-order valence-electron chi connectivity index (χ3n) is 2.10. The molecule has 0 aliphatic heterocycles. The second-order valence-corrected chi connectivity index (χ2v) is 4.15. The number of pyridine rings is 1. The van der Waals surface area contributed by atoms with Crippen molar-refractivity contribution in [2.75, 3.05) is 0 Å². The van der Waals surface area contributed by atoms with Crippen LogP contribution in [0.4, 0.5) is 13.2 Å². The van der Waals surface area contributed by atoms with Crippen LogP contribution in [0.1, 0.15) is 5.69 Å². The van der Waals surface area contributed by atoms with Crippen LogP contribution in [0.25, 0.3) is 10.9 Å². The topological polar surface area (TPSA) is 33.1 Å². The van der Waals surface area contributed by atoms with Crippen molar-refractivity contribution in [1.29, 1.82) is 0 Å². The van der Waals surface area contributed by atoms with Crippen LogP contribution in [0.15, 0.2) is 18.2 Å². The molecule has 0 aliphatic carbocycles. The van der Waals surface area contributed by atoms with Crippen molar-refractivity contribution in [3.63, 3.8) is 0 Å². The summed E-state index contributed by atoms with van der Waals surface area (Å²) in [6.07, 6.45) is -4.64. The van der Waals surface area contributed by atoms with Gasteiger partial charge in [0.1, 0.15) is 11.4 Å². The van der Waals surface area contributed by atoms with E-state index in [1.54, 1.807) is 0 Å². The Bertz CT molecular complexity index is 598. The van der Waals surface area contributed by atoms with E-state index in [4.69, 9.17) is 23.2 Å². The normalized spacial score (nSPS) is 12.1. The minimum absolute atomic E-state index is 0.0473. The van der Waals surface area contributed by atoms with Crippen LogP contribution < -0.4 is 0 Å². The van der Waals surface area contributed by atoms with E-state index >= 15 is 0 Å². The highest BCUT2D eigenvalue weighted by Gasteiger charge is 2.33. The molecule has 1 aromatic carbocycles. The van der Waals surface area contributed by atoms with Crippen molar-refractivity contribution in [3.8, 4) is 5.75 Å². The first-order valence-corrected chi connectivity index (χ1v) is 5.10. The van der Waals surface area contributed by atoms with E-state index in [9.17, 15) is 18.3 Å². The minimum atomic E-state index is -4.64. The molecule has 2 rings (SSSR count). The summed E-state index contributed by atoms with van der Waals surface area (Å²) in [5.74, 6) is -0.563. The van der Waals surface area contributed by atoms with E-state index in [-0.39, 0.29) is 20.9 Å². The van der Waals surface area contributed by atoms with Gasteiger partial charge in [0, 0.05) is 16.5 Å². The number of benzene rings is 1. The molecule has 0 bridgehead atoms. The largest absolute Gasteiger partial charge is 0.507 e. The molecule has 0 unspecified atom stereocenters. The standard InChI is InChI=1S/C10H4Cl2F3NO/c11-4-1-5-7(17)3-8(10(13,14)15)16-9(5)6(12)2-4/h1-3H,(H,16,17). The fraction of sp³-hybridized carbons (Fsp3) is 0.100. The summed E-state index contributed by atoms with van der Waals surface area (Å²) in [7, 11) is 0. The number of fused-ring (bicyclic) bond motifs is 1. The van der Waals surface area contributed by atoms with Gasteiger partial charge in [0.25, 0.3) is 0 Å². The predicted octanol–water partition coefficient (Wildman–Crippen LogP) is 4.27. The van der Waals surface area contributed by atoms with E-state index in [0.29, 0.717) is 6.07 Å². The Balaban J connectivity index is 2.83. The smallest absolute Gasteiger partial charge is 0.433 e. The lowest BCUT2D eigenvalue weighted by Crippen LogP contribution is -2.07. The molecule has 0 atom stereocenters. The Kier molecular flexibility index (Phi) is 2.83. The van der Waals surface area contributed by atoms with Gasteiger partial charge in [-0.3, -0.25) is 0 Å². The lowest BCUT2D eigenvalue weighted by molar-refractivity contribution is -0.141. The van der Waals surface area contributed by atoms with E-state index in [2.05, 4.69) is 4.98 Å². The summed E-state index contributed by atoms with van der Waals surface area (Å²) in [5, 5.41) is 9.75. The SMILES string of the molecule is Oc1cc(C(F)(F)F)nc2c(Cl)cc(Cl)cc12. The highest BCUT2D eigenvalue weighted by molar-refractivity contribution is 6.38. The van der Waals surface area contributed by atoms with Crippen LogP contribution in [-0.4, -0.2) is 10.1 Å². The number of halogens is 5. The second kappa shape index (κ2) is 3.92. The summed E-state index contributed by atoms with van der Waals surface area (Å²) in [6.45, 7) is 0. The van der Waals surface area contributed by atoms with Gasteiger partial charge in [0.05, 0.1) is 10.5 Å². The third-order valence-corrected chi connectivity index (χ3v) is 2.61. The second-order valence-electron chi connectivity index (χ2n) is 3.31. The maximum Gasteiger partial charge on any atom is 0.433 e. The Morgan fingerprint density at radius 3 is 2.35 bits per heavy atom. The van der Waals surface area contributed by atoms with Gasteiger partial charge in [-0.15, -0.1) is 0 Å². The fourth-order valence-corrected chi connectivity index (χ4v) is 1.92. The van der Waals surface area contributed by atoms with Gasteiger partial charge in [0.2, 0.25) is 0 Å². The predicted molar refractivity (Wildman–Crippen MR) is 58.4 cm³/mol. The molecule has 0 radical (unpaired) electrons. The molecule has 0 amide bonds. The molecule has 7 heteroatoms. The molecule has 1 N–H and O–H groups in total. The van der Waals surface area contributed by atoms with Gasteiger partial charge in [-0.25, -0.2) is 4.98 Å². The molecule has 0 spiro atoms. The molecule has 0 saturated heterocycles. The Labute approximate surface area is 104 Å². The van der Waals surface area contributed by atoms with Crippen molar-refractivity contribution in [2.24, 2.45) is 0 Å². The van der Waals surface area contributed by atoms with Crippen molar-refractivity contribution in [1.82, 2.24) is 4.98 Å². The monoisotopic (exact) mass is 281 g/mol. The van der Waals surface area contributed by atoms with Crippen molar-refractivity contribution >= 4 is 34.1 Å². The highest BCUT2D eigenvalue weighted by Crippen LogP contribution is 2.37. The quantitative estimate of drug-likeness (QED) is 0.782. The van der Waals surface area contributed by atoms with Crippen molar-refractivity contribution < 1.29 is 18.3 Å². The first-order chi connectivity index (χ1) is 7.79. The van der Waals surface area contributed by atoms with Crippen LogP contribution in [0.3, 0.4) is 0 Å². The molecule has 0 saturated carbocycles. The number of aromatic hydroxyl groups is 1. The summed E-state index contributed by atoms with van der Waals surface area (Å²) >= 11 is 11.4. The minimum Gasteiger partial charge on any atom is -0.507 e. The first-order valence-electron chi connectivity index (χ1n) is 4.35. The summed E-state index contributed by atoms with van der Waals surface area (Å²) in [4.78, 5) is 3.37. The summed E-state index contributed by atoms with van der Waals surface area (Å²) in [5.41, 5.74) is -1.34. The van der Waals surface area contributed by atoms with Crippen LogP contribution in [0, 0.1) is 0 Å². The number of aromatic nitrogens is 1. The molecule has 17 heavy (non-hydrogen) atoms. The van der Waals surface area contributed by atoms with Gasteiger partial charge in [0.15, 0.2) is 0 Å². The van der Waals surface area contributed by atoms with Gasteiger partial charge >= 0.3 is 6.18 Å². The van der Waals surface area contributed by atoms with Gasteiger partial charge in [-0.2, -0.15) is 13.2 Å². The third kappa shape index (κ3) is 2.25. The number of rotatable bonds is 0.